The van der Waals surface area contributed by atoms with Crippen LogP contribution in [0.1, 0.15) is 20.0 Å². The molecule has 0 atom stereocenters. The standard InChI is InChI=1S/C17H15FN4O3S/c18-11-3-1-10(2-4-11)15(23)19-14-12-9-13(26-16(12)21-20-14)17(24)22-5-7-25-8-6-22/h1-4,9H,5-8H2,(H2,19,20,21,23). The van der Waals surface area contributed by atoms with Gasteiger partial charge in [-0.3, -0.25) is 14.7 Å². The molecule has 2 N–H and O–H groups in total. The van der Waals surface area contributed by atoms with Crippen molar-refractivity contribution in [2.24, 2.45) is 0 Å². The lowest BCUT2D eigenvalue weighted by Gasteiger charge is -2.26. The summed E-state index contributed by atoms with van der Waals surface area (Å²) < 4.78 is 18.2. The first-order chi connectivity index (χ1) is 12.6. The molecule has 1 aromatic carbocycles. The number of hydrogen-bond acceptors (Lipinski definition) is 5. The first-order valence-corrected chi connectivity index (χ1v) is 8.85. The number of nitrogens with zero attached hydrogens (tertiary/aromatic N) is 2. The summed E-state index contributed by atoms with van der Waals surface area (Å²) in [7, 11) is 0. The minimum absolute atomic E-state index is 0.0629. The van der Waals surface area contributed by atoms with Gasteiger partial charge in [0, 0.05) is 18.7 Å². The Labute approximate surface area is 151 Å². The third kappa shape index (κ3) is 3.18. The maximum atomic E-state index is 13.0. The molecule has 2 amide bonds. The number of fused-ring (bicyclic) bond motifs is 1. The van der Waals surface area contributed by atoms with E-state index in [9.17, 15) is 14.0 Å². The summed E-state index contributed by atoms with van der Waals surface area (Å²) >= 11 is 1.27. The predicted octanol–water partition coefficient (Wildman–Crippen LogP) is 2.49. The van der Waals surface area contributed by atoms with E-state index in [2.05, 4.69) is 15.5 Å². The molecule has 1 aliphatic rings. The van der Waals surface area contributed by atoms with E-state index in [1.165, 1.54) is 35.6 Å². The Balaban J connectivity index is 1.55. The molecule has 3 aromatic rings. The number of morpholine rings is 1. The SMILES string of the molecule is O=C(Nc1[nH]nc2sc(C(=O)N3CCOCC3)cc12)c1ccc(F)cc1. The number of aromatic nitrogens is 2. The van der Waals surface area contributed by atoms with Gasteiger partial charge in [-0.2, -0.15) is 5.10 Å². The monoisotopic (exact) mass is 374 g/mol. The molecule has 1 saturated heterocycles. The molecule has 1 aliphatic heterocycles. The number of nitrogens with one attached hydrogen (secondary N) is 2. The van der Waals surface area contributed by atoms with Crippen molar-refractivity contribution >= 4 is 39.2 Å². The van der Waals surface area contributed by atoms with Crippen molar-refractivity contribution in [2.75, 3.05) is 31.6 Å². The van der Waals surface area contributed by atoms with Crippen LogP contribution in [0, 0.1) is 5.82 Å². The van der Waals surface area contributed by atoms with E-state index in [4.69, 9.17) is 4.74 Å². The van der Waals surface area contributed by atoms with E-state index in [-0.39, 0.29) is 11.8 Å². The molecule has 2 aromatic heterocycles. The van der Waals surface area contributed by atoms with Crippen molar-refractivity contribution in [2.45, 2.75) is 0 Å². The van der Waals surface area contributed by atoms with Gasteiger partial charge in [-0.05, 0) is 30.3 Å². The van der Waals surface area contributed by atoms with Gasteiger partial charge in [0.05, 0.1) is 23.5 Å². The molecule has 0 radical (unpaired) electrons. The van der Waals surface area contributed by atoms with Crippen LogP contribution < -0.4 is 5.32 Å². The zero-order valence-electron chi connectivity index (χ0n) is 13.6. The molecule has 134 valence electrons. The zero-order valence-corrected chi connectivity index (χ0v) is 14.4. The number of benzene rings is 1. The third-order valence-electron chi connectivity index (χ3n) is 4.11. The molecular formula is C17H15FN4O3S. The molecule has 0 aliphatic carbocycles. The number of thiophene rings is 1. The minimum Gasteiger partial charge on any atom is -0.378 e. The highest BCUT2D eigenvalue weighted by atomic mass is 32.1. The molecular weight excluding hydrogens is 359 g/mol. The quantitative estimate of drug-likeness (QED) is 0.737. The molecule has 1 fully saturated rings. The molecule has 7 nitrogen and oxygen atoms in total. The van der Waals surface area contributed by atoms with Crippen molar-refractivity contribution in [1.82, 2.24) is 15.1 Å². The van der Waals surface area contributed by atoms with E-state index in [0.29, 0.717) is 52.8 Å². The molecule has 4 rings (SSSR count). The van der Waals surface area contributed by atoms with Crippen LogP contribution in [0.4, 0.5) is 10.2 Å². The van der Waals surface area contributed by atoms with Crippen molar-refractivity contribution in [3.05, 3.63) is 46.6 Å². The molecule has 0 spiro atoms. The second kappa shape index (κ2) is 6.85. The molecule has 0 bridgehead atoms. The smallest absolute Gasteiger partial charge is 0.264 e. The van der Waals surface area contributed by atoms with E-state index in [1.54, 1.807) is 11.0 Å². The second-order valence-electron chi connectivity index (χ2n) is 5.79. The fourth-order valence-electron chi connectivity index (χ4n) is 2.72. The lowest BCUT2D eigenvalue weighted by molar-refractivity contribution is 0.0306. The van der Waals surface area contributed by atoms with Gasteiger partial charge in [0.15, 0.2) is 0 Å². The van der Waals surface area contributed by atoms with Crippen LogP contribution in [0.5, 0.6) is 0 Å². The van der Waals surface area contributed by atoms with Gasteiger partial charge >= 0.3 is 0 Å². The van der Waals surface area contributed by atoms with Crippen LogP contribution in [0.15, 0.2) is 30.3 Å². The summed E-state index contributed by atoms with van der Waals surface area (Å²) in [6.07, 6.45) is 0. The van der Waals surface area contributed by atoms with Crippen molar-refractivity contribution in [3.8, 4) is 0 Å². The summed E-state index contributed by atoms with van der Waals surface area (Å²) in [5, 5.41) is 10.3. The van der Waals surface area contributed by atoms with Gasteiger partial charge in [-0.15, -0.1) is 11.3 Å². The van der Waals surface area contributed by atoms with Crippen LogP contribution in [0.3, 0.4) is 0 Å². The number of anilines is 1. The Bertz CT molecular complexity index is 960. The number of carbonyl (C=O) groups excluding carboxylic acids is 2. The summed E-state index contributed by atoms with van der Waals surface area (Å²) in [6, 6.07) is 6.97. The summed E-state index contributed by atoms with van der Waals surface area (Å²) in [5.41, 5.74) is 0.328. The van der Waals surface area contributed by atoms with Crippen molar-refractivity contribution < 1.29 is 18.7 Å². The van der Waals surface area contributed by atoms with Crippen molar-refractivity contribution in [1.29, 1.82) is 0 Å². The van der Waals surface area contributed by atoms with E-state index >= 15 is 0 Å². The van der Waals surface area contributed by atoms with Crippen LogP contribution in [0.25, 0.3) is 10.2 Å². The minimum atomic E-state index is -0.408. The van der Waals surface area contributed by atoms with Crippen LogP contribution in [-0.2, 0) is 4.74 Å². The van der Waals surface area contributed by atoms with Gasteiger partial charge in [-0.1, -0.05) is 0 Å². The maximum Gasteiger partial charge on any atom is 0.264 e. The molecule has 9 heteroatoms. The van der Waals surface area contributed by atoms with Gasteiger partial charge in [0.1, 0.15) is 16.5 Å². The fourth-order valence-corrected chi connectivity index (χ4v) is 3.68. The Morgan fingerprint density at radius 2 is 1.96 bits per heavy atom. The molecule has 0 unspecified atom stereocenters. The van der Waals surface area contributed by atoms with Crippen LogP contribution in [-0.4, -0.2) is 53.2 Å². The van der Waals surface area contributed by atoms with Gasteiger partial charge in [0.25, 0.3) is 11.8 Å². The molecule has 3 heterocycles. The van der Waals surface area contributed by atoms with Gasteiger partial charge < -0.3 is 15.0 Å². The van der Waals surface area contributed by atoms with Crippen LogP contribution in [0.2, 0.25) is 0 Å². The Kier molecular flexibility index (Phi) is 4.39. The summed E-state index contributed by atoms with van der Waals surface area (Å²) in [4.78, 5) is 27.8. The lowest BCUT2D eigenvalue weighted by Crippen LogP contribution is -2.40. The summed E-state index contributed by atoms with van der Waals surface area (Å²) in [6.45, 7) is 2.20. The van der Waals surface area contributed by atoms with Crippen LogP contribution >= 0.6 is 11.3 Å². The average Bonchev–Trinajstić information content (AvgIpc) is 3.24. The van der Waals surface area contributed by atoms with Gasteiger partial charge in [0.2, 0.25) is 0 Å². The first kappa shape index (κ1) is 16.7. The Morgan fingerprint density at radius 1 is 1.23 bits per heavy atom. The topological polar surface area (TPSA) is 87.3 Å². The average molecular weight is 374 g/mol. The summed E-state index contributed by atoms with van der Waals surface area (Å²) in [5.74, 6) is -0.448. The number of rotatable bonds is 3. The zero-order chi connectivity index (χ0) is 18.1. The highest BCUT2D eigenvalue weighted by Crippen LogP contribution is 2.30. The maximum absolute atomic E-state index is 13.0. The lowest BCUT2D eigenvalue weighted by atomic mass is 10.2. The third-order valence-corrected chi connectivity index (χ3v) is 5.12. The number of halogens is 1. The fraction of sp³-hybridized carbons (Fsp3) is 0.235. The number of ether oxygens (including phenoxy) is 1. The van der Waals surface area contributed by atoms with Crippen molar-refractivity contribution in [3.63, 3.8) is 0 Å². The normalized spacial score (nSPS) is 14.6. The number of hydrogen-bond donors (Lipinski definition) is 2. The number of amides is 2. The Morgan fingerprint density at radius 3 is 2.69 bits per heavy atom. The predicted molar refractivity (Wildman–Crippen MR) is 95.0 cm³/mol. The van der Waals surface area contributed by atoms with Gasteiger partial charge in [-0.25, -0.2) is 4.39 Å². The number of H-pyrrole nitrogens is 1. The number of aromatic amines is 1. The first-order valence-electron chi connectivity index (χ1n) is 8.03. The molecule has 26 heavy (non-hydrogen) atoms. The van der Waals surface area contributed by atoms with E-state index in [1.807, 2.05) is 0 Å². The highest BCUT2D eigenvalue weighted by Gasteiger charge is 2.22. The molecule has 0 saturated carbocycles. The van der Waals surface area contributed by atoms with E-state index < -0.39 is 5.82 Å². The number of carbonyl (C=O) groups is 2. The van der Waals surface area contributed by atoms with E-state index in [0.717, 1.165) is 0 Å². The second-order valence-corrected chi connectivity index (χ2v) is 6.82. The Hall–Kier alpha value is -2.78. The largest absolute Gasteiger partial charge is 0.378 e. The highest BCUT2D eigenvalue weighted by molar-refractivity contribution is 7.20.